The molecule has 0 unspecified atom stereocenters. The Bertz CT molecular complexity index is 211. The summed E-state index contributed by atoms with van der Waals surface area (Å²) in [7, 11) is 0. The summed E-state index contributed by atoms with van der Waals surface area (Å²) in [6, 6.07) is 0.383. The third-order valence-electron chi connectivity index (χ3n) is 3.62. The number of piperidine rings is 1. The van der Waals surface area contributed by atoms with Gasteiger partial charge in [0.2, 0.25) is 5.91 Å². The zero-order chi connectivity index (χ0) is 10.5. The van der Waals surface area contributed by atoms with E-state index < -0.39 is 0 Å². The molecule has 1 atom stereocenters. The Kier molecular flexibility index (Phi) is 6.14. The minimum atomic E-state index is 0. The molecular weight excluding hydrogens is 224 g/mol. The van der Waals surface area contributed by atoms with Crippen LogP contribution in [0.3, 0.4) is 0 Å². The Balaban J connectivity index is 0.00000128. The first-order valence-corrected chi connectivity index (χ1v) is 6.37. The summed E-state index contributed by atoms with van der Waals surface area (Å²) in [6.07, 6.45) is 8.33. The first kappa shape index (κ1) is 13.8. The molecule has 1 aliphatic heterocycles. The largest absolute Gasteiger partial charge is 0.352 e. The standard InChI is InChI=1S/C12H22N2O.ClH/c15-12(10-5-2-1-3-6-10)14-11-7-4-8-13-9-11;/h10-11,13H,1-9H2,(H,14,15);1H/t11-;/m0./s1. The van der Waals surface area contributed by atoms with Gasteiger partial charge in [-0.2, -0.15) is 0 Å². The summed E-state index contributed by atoms with van der Waals surface area (Å²) in [5, 5.41) is 6.52. The van der Waals surface area contributed by atoms with Gasteiger partial charge in [-0.3, -0.25) is 4.79 Å². The molecule has 3 nitrogen and oxygen atoms in total. The molecule has 0 spiro atoms. The average molecular weight is 247 g/mol. The van der Waals surface area contributed by atoms with E-state index in [1.807, 2.05) is 0 Å². The van der Waals surface area contributed by atoms with E-state index in [1.54, 1.807) is 0 Å². The fourth-order valence-electron chi connectivity index (χ4n) is 2.66. The van der Waals surface area contributed by atoms with Crippen molar-refractivity contribution in [2.24, 2.45) is 5.92 Å². The number of carbonyl (C=O) groups excluding carboxylic acids is 1. The number of halogens is 1. The maximum Gasteiger partial charge on any atom is 0.223 e. The normalized spacial score (nSPS) is 26.9. The van der Waals surface area contributed by atoms with Gasteiger partial charge in [0.15, 0.2) is 0 Å². The highest BCUT2D eigenvalue weighted by atomic mass is 35.5. The van der Waals surface area contributed by atoms with E-state index in [4.69, 9.17) is 0 Å². The summed E-state index contributed by atoms with van der Waals surface area (Å²) in [5.74, 6) is 0.615. The second-order valence-electron chi connectivity index (χ2n) is 4.89. The first-order chi connectivity index (χ1) is 7.36. The maximum absolute atomic E-state index is 11.9. The minimum Gasteiger partial charge on any atom is -0.352 e. The summed E-state index contributed by atoms with van der Waals surface area (Å²) in [5.41, 5.74) is 0. The van der Waals surface area contributed by atoms with Crippen LogP contribution in [0.1, 0.15) is 44.9 Å². The molecule has 1 saturated heterocycles. The fourth-order valence-corrected chi connectivity index (χ4v) is 2.66. The molecule has 1 saturated carbocycles. The lowest BCUT2D eigenvalue weighted by atomic mass is 9.88. The molecule has 1 aliphatic carbocycles. The second kappa shape index (κ2) is 7.13. The van der Waals surface area contributed by atoms with Crippen molar-refractivity contribution in [3.8, 4) is 0 Å². The van der Waals surface area contributed by atoms with E-state index in [0.717, 1.165) is 32.4 Å². The molecule has 2 N–H and O–H groups in total. The summed E-state index contributed by atoms with van der Waals surface area (Å²) in [6.45, 7) is 2.06. The number of hydrogen-bond acceptors (Lipinski definition) is 2. The molecule has 1 heterocycles. The van der Waals surface area contributed by atoms with Gasteiger partial charge in [0.25, 0.3) is 0 Å². The van der Waals surface area contributed by atoms with Crippen LogP contribution in [0.5, 0.6) is 0 Å². The van der Waals surface area contributed by atoms with Gasteiger partial charge in [-0.1, -0.05) is 19.3 Å². The quantitative estimate of drug-likeness (QED) is 0.781. The van der Waals surface area contributed by atoms with Crippen LogP contribution in [0.25, 0.3) is 0 Å². The van der Waals surface area contributed by atoms with Crippen LogP contribution < -0.4 is 10.6 Å². The van der Waals surface area contributed by atoms with Crippen LogP contribution in [-0.2, 0) is 4.79 Å². The van der Waals surface area contributed by atoms with Crippen molar-refractivity contribution >= 4 is 18.3 Å². The number of nitrogens with one attached hydrogen (secondary N) is 2. The van der Waals surface area contributed by atoms with Crippen LogP contribution in [-0.4, -0.2) is 25.0 Å². The molecule has 94 valence electrons. The van der Waals surface area contributed by atoms with Crippen molar-refractivity contribution in [3.63, 3.8) is 0 Å². The monoisotopic (exact) mass is 246 g/mol. The van der Waals surface area contributed by atoms with Gasteiger partial charge in [-0.05, 0) is 32.2 Å². The molecule has 0 bridgehead atoms. The Morgan fingerprint density at radius 1 is 1.06 bits per heavy atom. The SMILES string of the molecule is Cl.O=C(N[C@H]1CCCNC1)C1CCCCC1. The fraction of sp³-hybridized carbons (Fsp3) is 0.917. The maximum atomic E-state index is 11.9. The van der Waals surface area contributed by atoms with Crippen LogP contribution >= 0.6 is 12.4 Å². The Morgan fingerprint density at radius 3 is 2.44 bits per heavy atom. The molecule has 1 amide bonds. The molecule has 0 aromatic heterocycles. The predicted molar refractivity (Wildman–Crippen MR) is 67.9 cm³/mol. The van der Waals surface area contributed by atoms with Crippen LogP contribution in [0, 0.1) is 5.92 Å². The lowest BCUT2D eigenvalue weighted by Gasteiger charge is -2.27. The number of rotatable bonds is 2. The molecule has 0 aromatic rings. The van der Waals surface area contributed by atoms with E-state index in [-0.39, 0.29) is 12.4 Å². The highest BCUT2D eigenvalue weighted by Gasteiger charge is 2.23. The van der Waals surface area contributed by atoms with Crippen molar-refractivity contribution in [2.75, 3.05) is 13.1 Å². The average Bonchev–Trinajstić information content (AvgIpc) is 2.31. The van der Waals surface area contributed by atoms with E-state index in [2.05, 4.69) is 10.6 Å². The third kappa shape index (κ3) is 3.95. The topological polar surface area (TPSA) is 41.1 Å². The van der Waals surface area contributed by atoms with Crippen molar-refractivity contribution in [3.05, 3.63) is 0 Å². The first-order valence-electron chi connectivity index (χ1n) is 6.37. The van der Waals surface area contributed by atoms with Crippen molar-refractivity contribution in [2.45, 2.75) is 51.0 Å². The molecule has 0 aromatic carbocycles. The van der Waals surface area contributed by atoms with Crippen molar-refractivity contribution in [1.82, 2.24) is 10.6 Å². The lowest BCUT2D eigenvalue weighted by Crippen LogP contribution is -2.47. The van der Waals surface area contributed by atoms with Crippen LogP contribution in [0.15, 0.2) is 0 Å². The zero-order valence-corrected chi connectivity index (χ0v) is 10.7. The molecular formula is C12H23ClN2O. The minimum absolute atomic E-state index is 0. The lowest BCUT2D eigenvalue weighted by molar-refractivity contribution is -0.126. The molecule has 16 heavy (non-hydrogen) atoms. The summed E-state index contributed by atoms with van der Waals surface area (Å²) >= 11 is 0. The predicted octanol–water partition coefficient (Wildman–Crippen LogP) is 1.86. The van der Waals surface area contributed by atoms with Gasteiger partial charge < -0.3 is 10.6 Å². The smallest absolute Gasteiger partial charge is 0.223 e. The Hall–Kier alpha value is -0.280. The summed E-state index contributed by atoms with van der Waals surface area (Å²) < 4.78 is 0. The van der Waals surface area contributed by atoms with Crippen molar-refractivity contribution < 1.29 is 4.79 Å². The number of carbonyl (C=O) groups is 1. The summed E-state index contributed by atoms with van der Waals surface area (Å²) in [4.78, 5) is 11.9. The molecule has 4 heteroatoms. The van der Waals surface area contributed by atoms with Gasteiger partial charge >= 0.3 is 0 Å². The third-order valence-corrected chi connectivity index (χ3v) is 3.62. The molecule has 2 fully saturated rings. The highest BCUT2D eigenvalue weighted by Crippen LogP contribution is 2.23. The van der Waals surface area contributed by atoms with Crippen LogP contribution in [0.2, 0.25) is 0 Å². The highest BCUT2D eigenvalue weighted by molar-refractivity contribution is 5.85. The van der Waals surface area contributed by atoms with Gasteiger partial charge in [-0.25, -0.2) is 0 Å². The van der Waals surface area contributed by atoms with Gasteiger partial charge in [-0.15, -0.1) is 12.4 Å². The van der Waals surface area contributed by atoms with Gasteiger partial charge in [0.05, 0.1) is 0 Å². The van der Waals surface area contributed by atoms with E-state index in [9.17, 15) is 4.79 Å². The second-order valence-corrected chi connectivity index (χ2v) is 4.89. The van der Waals surface area contributed by atoms with E-state index in [1.165, 1.54) is 25.7 Å². The zero-order valence-electron chi connectivity index (χ0n) is 9.84. The molecule has 0 radical (unpaired) electrons. The van der Waals surface area contributed by atoms with Crippen molar-refractivity contribution in [1.29, 1.82) is 0 Å². The Labute approximate surface area is 104 Å². The van der Waals surface area contributed by atoms with Crippen LogP contribution in [0.4, 0.5) is 0 Å². The number of hydrogen-bond donors (Lipinski definition) is 2. The van der Waals surface area contributed by atoms with E-state index >= 15 is 0 Å². The van der Waals surface area contributed by atoms with Gasteiger partial charge in [0, 0.05) is 18.5 Å². The number of amides is 1. The molecule has 2 rings (SSSR count). The van der Waals surface area contributed by atoms with E-state index in [0.29, 0.717) is 17.9 Å². The Morgan fingerprint density at radius 2 is 1.81 bits per heavy atom. The molecule has 2 aliphatic rings. The van der Waals surface area contributed by atoms with Gasteiger partial charge in [0.1, 0.15) is 0 Å².